The predicted molar refractivity (Wildman–Crippen MR) is 99.1 cm³/mol. The van der Waals surface area contributed by atoms with Gasteiger partial charge in [-0.3, -0.25) is 9.59 Å². The maximum atomic E-state index is 12.7. The second-order valence-corrected chi connectivity index (χ2v) is 7.42. The molecule has 2 atom stereocenters. The number of aromatic nitrogens is 1. The third-order valence-electron chi connectivity index (χ3n) is 5.48. The topological polar surface area (TPSA) is 62.7 Å². The SMILES string of the molecule is CC[C@@H]1CN(C(=O)c2ccnc(Cl)c2)CC[C@H]1CC(=O)N1CCOCC1. The van der Waals surface area contributed by atoms with E-state index in [2.05, 4.69) is 11.9 Å². The van der Waals surface area contributed by atoms with Crippen LogP contribution in [-0.4, -0.2) is 66.0 Å². The molecule has 0 radical (unpaired) electrons. The monoisotopic (exact) mass is 379 g/mol. The number of pyridine rings is 1. The predicted octanol–water partition coefficient (Wildman–Crippen LogP) is 2.47. The molecule has 2 fully saturated rings. The molecule has 2 aliphatic rings. The van der Waals surface area contributed by atoms with Crippen LogP contribution in [0.25, 0.3) is 0 Å². The Labute approximate surface area is 159 Å². The molecule has 26 heavy (non-hydrogen) atoms. The number of hydrogen-bond acceptors (Lipinski definition) is 4. The van der Waals surface area contributed by atoms with Crippen LogP contribution in [0.3, 0.4) is 0 Å². The lowest BCUT2D eigenvalue weighted by Gasteiger charge is -2.39. The van der Waals surface area contributed by atoms with Crippen LogP contribution >= 0.6 is 11.6 Å². The summed E-state index contributed by atoms with van der Waals surface area (Å²) >= 11 is 5.91. The van der Waals surface area contributed by atoms with E-state index in [4.69, 9.17) is 16.3 Å². The van der Waals surface area contributed by atoms with E-state index in [1.807, 2.05) is 9.80 Å². The van der Waals surface area contributed by atoms with Gasteiger partial charge < -0.3 is 14.5 Å². The fraction of sp³-hybridized carbons (Fsp3) is 0.632. The van der Waals surface area contributed by atoms with Crippen molar-refractivity contribution in [1.82, 2.24) is 14.8 Å². The number of carbonyl (C=O) groups excluding carboxylic acids is 2. The summed E-state index contributed by atoms with van der Waals surface area (Å²) in [5.41, 5.74) is 0.572. The van der Waals surface area contributed by atoms with Crippen molar-refractivity contribution in [2.24, 2.45) is 11.8 Å². The highest BCUT2D eigenvalue weighted by Crippen LogP contribution is 2.30. The first-order valence-corrected chi connectivity index (χ1v) is 9.72. The fourth-order valence-electron chi connectivity index (χ4n) is 3.88. The number of halogens is 1. The molecule has 7 heteroatoms. The van der Waals surface area contributed by atoms with E-state index in [1.54, 1.807) is 18.3 Å². The number of hydrogen-bond donors (Lipinski definition) is 0. The van der Waals surface area contributed by atoms with Crippen LogP contribution in [0.4, 0.5) is 0 Å². The van der Waals surface area contributed by atoms with Crippen LogP contribution < -0.4 is 0 Å². The number of piperidine rings is 1. The Hall–Kier alpha value is -1.66. The lowest BCUT2D eigenvalue weighted by molar-refractivity contribution is -0.137. The molecule has 0 aromatic carbocycles. The summed E-state index contributed by atoms with van der Waals surface area (Å²) in [4.78, 5) is 33.0. The molecule has 0 N–H and O–H groups in total. The normalized spacial score (nSPS) is 23.8. The van der Waals surface area contributed by atoms with E-state index >= 15 is 0 Å². The molecule has 2 amide bonds. The Balaban J connectivity index is 1.59. The Kier molecular flexibility index (Phi) is 6.48. The van der Waals surface area contributed by atoms with E-state index in [0.717, 1.165) is 12.8 Å². The first-order chi connectivity index (χ1) is 12.6. The molecule has 142 valence electrons. The highest BCUT2D eigenvalue weighted by molar-refractivity contribution is 6.29. The fourth-order valence-corrected chi connectivity index (χ4v) is 4.05. The zero-order chi connectivity index (χ0) is 18.5. The number of morpholine rings is 1. The summed E-state index contributed by atoms with van der Waals surface area (Å²) in [7, 11) is 0. The van der Waals surface area contributed by atoms with Crippen molar-refractivity contribution < 1.29 is 14.3 Å². The average molecular weight is 380 g/mol. The van der Waals surface area contributed by atoms with Crippen molar-refractivity contribution >= 4 is 23.4 Å². The van der Waals surface area contributed by atoms with E-state index < -0.39 is 0 Å². The maximum absolute atomic E-state index is 12.7. The average Bonchev–Trinajstić information content (AvgIpc) is 2.68. The number of rotatable bonds is 4. The van der Waals surface area contributed by atoms with Gasteiger partial charge in [0, 0.05) is 44.4 Å². The standard InChI is InChI=1S/C19H26ClN3O3/c1-2-14-13-23(19(25)16-3-5-21-17(20)11-16)6-4-15(14)12-18(24)22-7-9-26-10-8-22/h3,5,11,14-15H,2,4,6-10,12-13H2,1H3/t14-,15+/m1/s1. The van der Waals surface area contributed by atoms with Crippen molar-refractivity contribution in [3.8, 4) is 0 Å². The molecule has 2 aliphatic heterocycles. The Morgan fingerprint density at radius 3 is 2.69 bits per heavy atom. The molecule has 0 aliphatic carbocycles. The quantitative estimate of drug-likeness (QED) is 0.754. The number of likely N-dealkylation sites (tertiary alicyclic amines) is 1. The summed E-state index contributed by atoms with van der Waals surface area (Å²) < 4.78 is 5.32. The van der Waals surface area contributed by atoms with Gasteiger partial charge in [-0.15, -0.1) is 0 Å². The van der Waals surface area contributed by atoms with E-state index in [9.17, 15) is 9.59 Å². The van der Waals surface area contributed by atoms with Gasteiger partial charge in [-0.2, -0.15) is 0 Å². The van der Waals surface area contributed by atoms with Gasteiger partial charge in [0.05, 0.1) is 13.2 Å². The van der Waals surface area contributed by atoms with E-state index in [-0.39, 0.29) is 11.8 Å². The van der Waals surface area contributed by atoms with Gasteiger partial charge in [-0.05, 0) is 30.4 Å². The molecular formula is C19H26ClN3O3. The largest absolute Gasteiger partial charge is 0.378 e. The molecule has 1 aromatic rings. The third-order valence-corrected chi connectivity index (χ3v) is 5.68. The van der Waals surface area contributed by atoms with Crippen LogP contribution in [0.15, 0.2) is 18.3 Å². The zero-order valence-corrected chi connectivity index (χ0v) is 16.0. The summed E-state index contributed by atoms with van der Waals surface area (Å²) in [5, 5.41) is 0.328. The van der Waals surface area contributed by atoms with Crippen molar-refractivity contribution in [1.29, 1.82) is 0 Å². The summed E-state index contributed by atoms with van der Waals surface area (Å²) in [6.07, 6.45) is 3.95. The minimum absolute atomic E-state index is 0.00861. The first-order valence-electron chi connectivity index (χ1n) is 9.34. The first kappa shape index (κ1) is 19.1. The van der Waals surface area contributed by atoms with Gasteiger partial charge in [-0.25, -0.2) is 4.98 Å². The van der Waals surface area contributed by atoms with Crippen molar-refractivity contribution in [2.75, 3.05) is 39.4 Å². The van der Waals surface area contributed by atoms with Crippen molar-refractivity contribution in [3.05, 3.63) is 29.0 Å². The summed E-state index contributed by atoms with van der Waals surface area (Å²) in [6.45, 7) is 6.14. The van der Waals surface area contributed by atoms with E-state index in [1.165, 1.54) is 0 Å². The Bertz CT molecular complexity index is 649. The number of carbonyl (C=O) groups is 2. The molecule has 3 heterocycles. The second-order valence-electron chi connectivity index (χ2n) is 7.03. The third kappa shape index (κ3) is 4.54. The van der Waals surface area contributed by atoms with Gasteiger partial charge in [0.2, 0.25) is 5.91 Å². The Morgan fingerprint density at radius 2 is 2.00 bits per heavy atom. The van der Waals surface area contributed by atoms with Crippen LogP contribution in [0.5, 0.6) is 0 Å². The van der Waals surface area contributed by atoms with Gasteiger partial charge in [0.15, 0.2) is 0 Å². The van der Waals surface area contributed by atoms with Gasteiger partial charge in [0.25, 0.3) is 5.91 Å². The number of ether oxygens (including phenoxy) is 1. The maximum Gasteiger partial charge on any atom is 0.254 e. The molecule has 2 saturated heterocycles. The zero-order valence-electron chi connectivity index (χ0n) is 15.2. The molecule has 0 spiro atoms. The van der Waals surface area contributed by atoms with Gasteiger partial charge >= 0.3 is 0 Å². The summed E-state index contributed by atoms with van der Waals surface area (Å²) in [6, 6.07) is 3.31. The highest BCUT2D eigenvalue weighted by Gasteiger charge is 2.33. The molecule has 1 aromatic heterocycles. The lowest BCUT2D eigenvalue weighted by atomic mass is 9.81. The van der Waals surface area contributed by atoms with Crippen LogP contribution in [-0.2, 0) is 9.53 Å². The molecule has 3 rings (SSSR count). The molecule has 6 nitrogen and oxygen atoms in total. The minimum Gasteiger partial charge on any atom is -0.378 e. The molecule has 0 unspecified atom stereocenters. The molecule has 0 bridgehead atoms. The van der Waals surface area contributed by atoms with Crippen LogP contribution in [0.1, 0.15) is 36.5 Å². The number of nitrogens with zero attached hydrogens (tertiary/aromatic N) is 3. The summed E-state index contributed by atoms with van der Waals surface area (Å²) in [5.74, 6) is 0.888. The number of amides is 2. The Morgan fingerprint density at radius 1 is 1.23 bits per heavy atom. The second kappa shape index (κ2) is 8.82. The smallest absolute Gasteiger partial charge is 0.254 e. The minimum atomic E-state index is -0.00861. The lowest BCUT2D eigenvalue weighted by Crippen LogP contribution is -2.46. The highest BCUT2D eigenvalue weighted by atomic mass is 35.5. The molecule has 0 saturated carbocycles. The van der Waals surface area contributed by atoms with Crippen molar-refractivity contribution in [2.45, 2.75) is 26.2 Å². The van der Waals surface area contributed by atoms with Crippen LogP contribution in [0.2, 0.25) is 5.15 Å². The van der Waals surface area contributed by atoms with Crippen molar-refractivity contribution in [3.63, 3.8) is 0 Å². The van der Waals surface area contributed by atoms with Gasteiger partial charge in [-0.1, -0.05) is 24.9 Å². The van der Waals surface area contributed by atoms with E-state index in [0.29, 0.717) is 68.4 Å². The van der Waals surface area contributed by atoms with Gasteiger partial charge in [0.1, 0.15) is 5.15 Å². The molecular weight excluding hydrogens is 354 g/mol. The van der Waals surface area contributed by atoms with Crippen LogP contribution in [0, 0.1) is 11.8 Å².